The van der Waals surface area contributed by atoms with Gasteiger partial charge < -0.3 is 0 Å². The molecule has 0 heterocycles. The van der Waals surface area contributed by atoms with Crippen molar-refractivity contribution in [3.63, 3.8) is 0 Å². The molecule has 1 aromatic rings. The van der Waals surface area contributed by atoms with Crippen molar-refractivity contribution in [2.24, 2.45) is 0 Å². The van der Waals surface area contributed by atoms with Crippen LogP contribution in [0.25, 0.3) is 0 Å². The minimum absolute atomic E-state index is 0. The molecule has 0 amide bonds. The van der Waals surface area contributed by atoms with E-state index in [2.05, 4.69) is 0 Å². The Morgan fingerprint density at radius 2 is 1.44 bits per heavy atom. The fourth-order valence-electron chi connectivity index (χ4n) is 0.321. The summed E-state index contributed by atoms with van der Waals surface area (Å²) in [4.78, 5) is 0. The Kier molecular flexibility index (Phi) is 14.1. The van der Waals surface area contributed by atoms with Crippen LogP contribution in [0.15, 0.2) is 30.3 Å². The van der Waals surface area contributed by atoms with Crippen molar-refractivity contribution >= 4 is 12.4 Å². The molecule has 4 heteroatoms. The predicted molar refractivity (Wildman–Crippen MR) is 30.7 cm³/mol. The van der Waals surface area contributed by atoms with Gasteiger partial charge in [0, 0.05) is 0 Å². The molecule has 0 unspecified atom stereocenters. The van der Waals surface area contributed by atoms with Gasteiger partial charge in [0.2, 0.25) is 0 Å². The van der Waals surface area contributed by atoms with Crippen LogP contribution in [0.5, 0.6) is 0 Å². The maximum absolute atomic E-state index is 8.50. The van der Waals surface area contributed by atoms with Crippen LogP contribution in [0.2, 0.25) is 0 Å². The Labute approximate surface area is 68.2 Å². The second-order valence-electron chi connectivity index (χ2n) is 1.03. The SMILES string of the molecule is Cl.[O]=[Mo]=[O].c1cc[cH-]c1. The molecule has 0 spiro atoms. The van der Waals surface area contributed by atoms with Gasteiger partial charge in [0.25, 0.3) is 0 Å². The van der Waals surface area contributed by atoms with Crippen LogP contribution in [0, 0.1) is 0 Å². The largest absolute Gasteiger partial charge is 0.214 e. The van der Waals surface area contributed by atoms with Crippen molar-refractivity contribution in [2.75, 3.05) is 0 Å². The first kappa shape index (κ1) is 11.7. The van der Waals surface area contributed by atoms with E-state index in [-0.39, 0.29) is 12.4 Å². The molecule has 0 bridgehead atoms. The second-order valence-corrected chi connectivity index (χ2v) is 1.36. The topological polar surface area (TPSA) is 34.1 Å². The van der Waals surface area contributed by atoms with Crippen molar-refractivity contribution in [2.45, 2.75) is 0 Å². The summed E-state index contributed by atoms with van der Waals surface area (Å²) in [7, 11) is 0. The van der Waals surface area contributed by atoms with Gasteiger partial charge in [-0.2, -0.15) is 18.2 Å². The Morgan fingerprint density at radius 3 is 1.56 bits per heavy atom. The number of hydrogen-bond acceptors (Lipinski definition) is 2. The average molecular weight is 229 g/mol. The van der Waals surface area contributed by atoms with Gasteiger partial charge in [-0.25, -0.2) is 12.1 Å². The minimum atomic E-state index is -2.03. The van der Waals surface area contributed by atoms with Crippen molar-refractivity contribution in [3.8, 4) is 0 Å². The van der Waals surface area contributed by atoms with E-state index in [9.17, 15) is 0 Å². The van der Waals surface area contributed by atoms with E-state index in [0.29, 0.717) is 0 Å². The molecule has 0 aromatic heterocycles. The van der Waals surface area contributed by atoms with Gasteiger partial charge in [0.05, 0.1) is 0 Å². The molecule has 9 heavy (non-hydrogen) atoms. The van der Waals surface area contributed by atoms with Crippen molar-refractivity contribution in [1.82, 2.24) is 0 Å². The summed E-state index contributed by atoms with van der Waals surface area (Å²) in [5.41, 5.74) is 0. The fourth-order valence-corrected chi connectivity index (χ4v) is 0.321. The molecule has 0 saturated carbocycles. The molecule has 2 nitrogen and oxygen atoms in total. The monoisotopic (exact) mass is 231 g/mol. The van der Waals surface area contributed by atoms with E-state index in [1.165, 1.54) is 0 Å². The third kappa shape index (κ3) is 11.5. The molecule has 0 atom stereocenters. The molecule has 0 N–H and O–H groups in total. The van der Waals surface area contributed by atoms with E-state index >= 15 is 0 Å². The normalized spacial score (nSPS) is 5.78. The molecule has 0 fully saturated rings. The molecule has 1 aromatic carbocycles. The molecular weight excluding hydrogens is 223 g/mol. The first-order chi connectivity index (χ1) is 3.91. The third-order valence-corrected chi connectivity index (χ3v) is 0.556. The van der Waals surface area contributed by atoms with E-state index in [1.54, 1.807) is 0 Å². The first-order valence-corrected chi connectivity index (χ1v) is 3.64. The zero-order valence-corrected chi connectivity index (χ0v) is 7.34. The van der Waals surface area contributed by atoms with Crippen molar-refractivity contribution in [3.05, 3.63) is 30.3 Å². The number of hydrogen-bond donors (Lipinski definition) is 0. The van der Waals surface area contributed by atoms with Gasteiger partial charge >= 0.3 is 25.3 Å². The van der Waals surface area contributed by atoms with Crippen LogP contribution in [-0.2, 0) is 25.3 Å². The van der Waals surface area contributed by atoms with E-state index in [1.807, 2.05) is 30.3 Å². The van der Waals surface area contributed by atoms with Crippen LogP contribution >= 0.6 is 12.4 Å². The maximum atomic E-state index is 8.50. The number of halogens is 1. The van der Waals surface area contributed by atoms with E-state index < -0.39 is 18.5 Å². The van der Waals surface area contributed by atoms with Gasteiger partial charge in [-0.1, -0.05) is 0 Å². The average Bonchev–Trinajstić information content (AvgIpc) is 2.17. The number of rotatable bonds is 0. The molecule has 52 valence electrons. The van der Waals surface area contributed by atoms with Crippen molar-refractivity contribution < 1.29 is 25.3 Å². The standard InChI is InChI=1S/C5H5.ClH.Mo.2O/c1-2-4-5-3-1;;;;/h1-5H;1H;;;/q-1;;;;. The van der Waals surface area contributed by atoms with Gasteiger partial charge in [-0.15, -0.1) is 12.4 Å². The zero-order valence-electron chi connectivity index (χ0n) is 4.52. The summed E-state index contributed by atoms with van der Waals surface area (Å²) in [6, 6.07) is 10.0. The Morgan fingerprint density at radius 1 is 1.11 bits per heavy atom. The molecule has 0 aliphatic carbocycles. The van der Waals surface area contributed by atoms with Gasteiger partial charge in [0.1, 0.15) is 0 Å². The summed E-state index contributed by atoms with van der Waals surface area (Å²) >= 11 is -2.03. The van der Waals surface area contributed by atoms with Crippen molar-refractivity contribution in [1.29, 1.82) is 0 Å². The van der Waals surface area contributed by atoms with Crippen LogP contribution in [0.1, 0.15) is 0 Å². The predicted octanol–water partition coefficient (Wildman–Crippen LogP) is 1.59. The van der Waals surface area contributed by atoms with Crippen LogP contribution < -0.4 is 0 Å². The molecule has 0 aliphatic heterocycles. The Hall–Kier alpha value is -0.0717. The summed E-state index contributed by atoms with van der Waals surface area (Å²) in [5, 5.41) is 0. The van der Waals surface area contributed by atoms with E-state index in [4.69, 9.17) is 6.80 Å². The fraction of sp³-hybridized carbons (Fsp3) is 0. The molecular formula is C5H6ClMoO2-. The second kappa shape index (κ2) is 10.8. The first-order valence-electron chi connectivity index (χ1n) is 2.00. The van der Waals surface area contributed by atoms with Crippen LogP contribution in [-0.4, -0.2) is 0 Å². The summed E-state index contributed by atoms with van der Waals surface area (Å²) in [6.45, 7) is 0. The summed E-state index contributed by atoms with van der Waals surface area (Å²) < 4.78 is 17.0. The Balaban J connectivity index is 0. The molecule has 1 rings (SSSR count). The summed E-state index contributed by atoms with van der Waals surface area (Å²) in [6.07, 6.45) is 0. The molecule has 0 aliphatic rings. The van der Waals surface area contributed by atoms with Crippen LogP contribution in [0.3, 0.4) is 0 Å². The zero-order chi connectivity index (χ0) is 6.24. The van der Waals surface area contributed by atoms with E-state index in [0.717, 1.165) is 0 Å². The molecule has 0 radical (unpaired) electrons. The Bertz CT molecular complexity index is 127. The summed E-state index contributed by atoms with van der Waals surface area (Å²) in [5.74, 6) is 0. The quantitative estimate of drug-likeness (QED) is 0.500. The van der Waals surface area contributed by atoms with Gasteiger partial charge in [0.15, 0.2) is 0 Å². The van der Waals surface area contributed by atoms with Crippen LogP contribution in [0.4, 0.5) is 0 Å². The minimum Gasteiger partial charge on any atom is -0.214 e. The van der Waals surface area contributed by atoms with Gasteiger partial charge in [-0.3, -0.25) is 0 Å². The van der Waals surface area contributed by atoms with Gasteiger partial charge in [-0.05, 0) is 0 Å². The maximum Gasteiger partial charge on any atom is -0.172 e. The third-order valence-electron chi connectivity index (χ3n) is 0.556. The molecule has 0 saturated heterocycles. The smallest absolute Gasteiger partial charge is 0.172 e.